The average Bonchev–Trinajstić information content (AvgIpc) is 3.13. The van der Waals surface area contributed by atoms with Crippen LogP contribution >= 0.6 is 0 Å². The van der Waals surface area contributed by atoms with Gasteiger partial charge in [-0.2, -0.15) is 0 Å². The Kier molecular flexibility index (Phi) is 13.1. The Morgan fingerprint density at radius 2 is 1.35 bits per heavy atom. The van der Waals surface area contributed by atoms with E-state index in [1.165, 1.54) is 31.2 Å². The number of phenolic OH excluding ortho intramolecular Hbond substituents is 1. The number of aliphatic hydroxyl groups excluding tert-OH is 9. The maximum atomic E-state index is 14.1. The highest BCUT2D eigenvalue weighted by Crippen LogP contribution is 2.40. The van der Waals surface area contributed by atoms with Gasteiger partial charge in [0.15, 0.2) is 23.5 Å². The van der Waals surface area contributed by atoms with Crippen molar-refractivity contribution >= 4 is 11.0 Å². The summed E-state index contributed by atoms with van der Waals surface area (Å²) < 4.78 is 45.1. The normalized spacial score (nSPS) is 29.2. The molecule has 10 N–H and O–H groups in total. The minimum absolute atomic E-state index is 0.0380. The molecule has 5 rings (SSSR count). The monoisotopic (exact) mass is 742 g/mol. The number of aromatic hydroxyl groups is 1. The molecule has 2 fully saturated rings. The molecule has 288 valence electrons. The van der Waals surface area contributed by atoms with E-state index in [0.717, 1.165) is 6.07 Å². The fraction of sp³-hybridized carbons (Fsp3) is 0.545. The highest BCUT2D eigenvalue weighted by atomic mass is 16.7. The first-order valence-corrected chi connectivity index (χ1v) is 16.3. The van der Waals surface area contributed by atoms with Gasteiger partial charge in [0, 0.05) is 17.7 Å². The van der Waals surface area contributed by atoms with Crippen LogP contribution in [0.5, 0.6) is 28.7 Å². The second-order valence-electron chi connectivity index (χ2n) is 11.9. The van der Waals surface area contributed by atoms with Crippen LogP contribution in [0.1, 0.15) is 6.92 Å². The van der Waals surface area contributed by atoms with E-state index < -0.39 is 84.9 Å². The SMILES string of the molecule is C[C@H]1O[C@@H](OC[C@H]2O[C@@H](Oc3c(-c4ccc(OCCO)c(OCCO)c4)oc4cc(OCCO)cc(O)c4c3=O)[C@H](O)[C@@H](O)[C@@H]2O)[C@@H](O)[C@@H](O)[C@@H]1O. The van der Waals surface area contributed by atoms with Gasteiger partial charge in [0.05, 0.1) is 32.5 Å². The van der Waals surface area contributed by atoms with Gasteiger partial charge in [-0.1, -0.05) is 0 Å². The van der Waals surface area contributed by atoms with Gasteiger partial charge in [-0.25, -0.2) is 0 Å². The maximum Gasteiger partial charge on any atom is 0.239 e. The summed E-state index contributed by atoms with van der Waals surface area (Å²) in [5.41, 5.74) is -1.08. The van der Waals surface area contributed by atoms with Crippen molar-refractivity contribution in [2.45, 2.75) is 68.3 Å². The molecule has 10 atom stereocenters. The molecule has 1 aromatic heterocycles. The van der Waals surface area contributed by atoms with Crippen molar-refractivity contribution in [3.05, 3.63) is 40.6 Å². The Morgan fingerprint density at radius 1 is 0.712 bits per heavy atom. The van der Waals surface area contributed by atoms with Gasteiger partial charge in [0.2, 0.25) is 17.5 Å². The zero-order chi connectivity index (χ0) is 37.7. The second kappa shape index (κ2) is 17.3. The van der Waals surface area contributed by atoms with Gasteiger partial charge < -0.3 is 88.6 Å². The largest absolute Gasteiger partial charge is 0.507 e. The summed E-state index contributed by atoms with van der Waals surface area (Å²) in [7, 11) is 0. The standard InChI is InChI=1S/C33H42O19/c1-14-23(38)26(41)28(43)32(49-14)48-13-21-24(39)27(42)29(44)33(51-21)52-31-25(40)22-17(37)11-16(45-7-4-34)12-20(22)50-30(31)15-2-3-18(46-8-5-35)19(10-15)47-9-6-36/h2-3,10-12,14,21,23-24,26-29,32-39,41-44H,4-9,13H2,1H3/t14-,21-,23-,24-,26+,27+,28+,29-,32-,33+/m1/s1. The summed E-state index contributed by atoms with van der Waals surface area (Å²) in [5, 5.41) is 101. The third-order valence-corrected chi connectivity index (χ3v) is 8.31. The predicted octanol–water partition coefficient (Wildman–Crippen LogP) is -2.69. The summed E-state index contributed by atoms with van der Waals surface area (Å²) in [6.45, 7) is -0.648. The Hall–Kier alpha value is -3.83. The lowest BCUT2D eigenvalue weighted by molar-refractivity contribution is -0.318. The second-order valence-corrected chi connectivity index (χ2v) is 11.9. The molecule has 0 spiro atoms. The Balaban J connectivity index is 1.53. The zero-order valence-corrected chi connectivity index (χ0v) is 27.8. The minimum Gasteiger partial charge on any atom is -0.507 e. The molecule has 2 aliphatic heterocycles. The first-order chi connectivity index (χ1) is 24.9. The smallest absolute Gasteiger partial charge is 0.239 e. The molecule has 19 heteroatoms. The van der Waals surface area contributed by atoms with E-state index in [9.17, 15) is 55.9 Å². The van der Waals surface area contributed by atoms with Crippen LogP contribution in [0.25, 0.3) is 22.3 Å². The molecule has 0 radical (unpaired) electrons. The number of rotatable bonds is 15. The molecule has 2 aliphatic rings. The third kappa shape index (κ3) is 8.36. The molecule has 3 aromatic rings. The number of aliphatic hydroxyl groups is 9. The molecule has 0 amide bonds. The number of phenols is 1. The van der Waals surface area contributed by atoms with E-state index in [4.69, 9.17) is 37.6 Å². The van der Waals surface area contributed by atoms with Crippen LogP contribution in [0, 0.1) is 0 Å². The van der Waals surface area contributed by atoms with Crippen molar-refractivity contribution in [2.24, 2.45) is 0 Å². The van der Waals surface area contributed by atoms with Gasteiger partial charge in [-0.05, 0) is 25.1 Å². The van der Waals surface area contributed by atoms with Crippen molar-refractivity contribution in [2.75, 3.05) is 46.2 Å². The lowest BCUT2D eigenvalue weighted by Crippen LogP contribution is -2.61. The lowest BCUT2D eigenvalue weighted by atomic mass is 9.98. The van der Waals surface area contributed by atoms with E-state index in [0.29, 0.717) is 0 Å². The fourth-order valence-electron chi connectivity index (χ4n) is 5.60. The lowest BCUT2D eigenvalue weighted by Gasteiger charge is -2.42. The van der Waals surface area contributed by atoms with E-state index in [1.807, 2.05) is 0 Å². The number of hydrogen-bond acceptors (Lipinski definition) is 19. The van der Waals surface area contributed by atoms with Crippen molar-refractivity contribution in [1.82, 2.24) is 0 Å². The molecule has 0 aliphatic carbocycles. The summed E-state index contributed by atoms with van der Waals surface area (Å²) in [4.78, 5) is 14.1. The number of benzene rings is 2. The maximum absolute atomic E-state index is 14.1. The number of ether oxygens (including phenoxy) is 7. The summed E-state index contributed by atoms with van der Waals surface area (Å²) in [6.07, 6.45) is -16.3. The third-order valence-electron chi connectivity index (χ3n) is 8.31. The Labute approximate surface area is 294 Å². The van der Waals surface area contributed by atoms with Crippen LogP contribution in [-0.4, -0.2) is 159 Å². The van der Waals surface area contributed by atoms with Crippen LogP contribution in [-0.2, 0) is 14.2 Å². The molecule has 19 nitrogen and oxygen atoms in total. The summed E-state index contributed by atoms with van der Waals surface area (Å²) in [5.74, 6) is -1.31. The zero-order valence-electron chi connectivity index (χ0n) is 27.8. The minimum atomic E-state index is -1.98. The molecular formula is C33H42O19. The van der Waals surface area contributed by atoms with Crippen LogP contribution in [0.15, 0.2) is 39.5 Å². The van der Waals surface area contributed by atoms with Crippen LogP contribution in [0.3, 0.4) is 0 Å². The van der Waals surface area contributed by atoms with Crippen molar-refractivity contribution in [1.29, 1.82) is 0 Å². The van der Waals surface area contributed by atoms with Gasteiger partial charge in [0.1, 0.15) is 85.0 Å². The molecule has 0 unspecified atom stereocenters. The molecule has 2 saturated heterocycles. The van der Waals surface area contributed by atoms with Gasteiger partial charge in [-0.15, -0.1) is 0 Å². The molecule has 2 aromatic carbocycles. The highest BCUT2D eigenvalue weighted by Gasteiger charge is 2.48. The van der Waals surface area contributed by atoms with Crippen molar-refractivity contribution in [3.63, 3.8) is 0 Å². The van der Waals surface area contributed by atoms with E-state index in [-0.39, 0.29) is 79.2 Å². The first-order valence-electron chi connectivity index (χ1n) is 16.3. The van der Waals surface area contributed by atoms with Gasteiger partial charge in [0.25, 0.3) is 0 Å². The topological polar surface area (TPSA) is 297 Å². The highest BCUT2D eigenvalue weighted by molar-refractivity contribution is 5.88. The molecule has 3 heterocycles. The van der Waals surface area contributed by atoms with E-state index in [1.54, 1.807) is 0 Å². The first kappa shape index (κ1) is 39.4. The molecular weight excluding hydrogens is 700 g/mol. The molecule has 0 bridgehead atoms. The number of fused-ring (bicyclic) bond motifs is 1. The summed E-state index contributed by atoms with van der Waals surface area (Å²) in [6, 6.07) is 6.59. The van der Waals surface area contributed by atoms with E-state index >= 15 is 0 Å². The van der Waals surface area contributed by atoms with Crippen LogP contribution in [0.4, 0.5) is 0 Å². The summed E-state index contributed by atoms with van der Waals surface area (Å²) >= 11 is 0. The Morgan fingerprint density at radius 3 is 2.04 bits per heavy atom. The fourth-order valence-corrected chi connectivity index (χ4v) is 5.60. The van der Waals surface area contributed by atoms with Crippen LogP contribution in [0.2, 0.25) is 0 Å². The van der Waals surface area contributed by atoms with Crippen LogP contribution < -0.4 is 24.4 Å². The van der Waals surface area contributed by atoms with Crippen molar-refractivity contribution in [3.8, 4) is 40.1 Å². The van der Waals surface area contributed by atoms with E-state index in [2.05, 4.69) is 0 Å². The molecule has 52 heavy (non-hydrogen) atoms. The van der Waals surface area contributed by atoms with Gasteiger partial charge >= 0.3 is 0 Å². The quantitative estimate of drug-likeness (QED) is 0.0758. The predicted molar refractivity (Wildman–Crippen MR) is 173 cm³/mol. The van der Waals surface area contributed by atoms with Gasteiger partial charge in [-0.3, -0.25) is 4.79 Å². The average molecular weight is 743 g/mol. The molecule has 0 saturated carbocycles. The Bertz CT molecular complexity index is 1700. The van der Waals surface area contributed by atoms with Crippen molar-refractivity contribution < 1.29 is 88.6 Å². The number of hydrogen-bond donors (Lipinski definition) is 10.